The maximum Gasteiger partial charge on any atom is 0.284 e. The molecule has 0 saturated heterocycles. The molecule has 10 nitrogen and oxygen atoms in total. The van der Waals surface area contributed by atoms with Crippen molar-refractivity contribution >= 4 is 22.8 Å². The molecule has 31 heavy (non-hydrogen) atoms. The molecule has 0 saturated carbocycles. The number of aryl methyl sites for hydroxylation is 1. The summed E-state index contributed by atoms with van der Waals surface area (Å²) in [6.45, 7) is 1.71. The van der Waals surface area contributed by atoms with Gasteiger partial charge in [-0.05, 0) is 36.8 Å². The topological polar surface area (TPSA) is 113 Å². The van der Waals surface area contributed by atoms with Crippen LogP contribution in [0.4, 0.5) is 5.69 Å². The number of hydrogen-bond donors (Lipinski definition) is 1. The van der Waals surface area contributed by atoms with E-state index >= 15 is 0 Å². The van der Waals surface area contributed by atoms with Gasteiger partial charge in [-0.15, -0.1) is 5.10 Å². The Morgan fingerprint density at radius 1 is 1.13 bits per heavy atom. The van der Waals surface area contributed by atoms with E-state index in [0.29, 0.717) is 22.8 Å². The van der Waals surface area contributed by atoms with Crippen molar-refractivity contribution in [1.82, 2.24) is 24.5 Å². The van der Waals surface area contributed by atoms with Crippen LogP contribution in [0, 0.1) is 6.92 Å². The van der Waals surface area contributed by atoms with Crippen molar-refractivity contribution in [3.8, 4) is 17.2 Å². The molecule has 1 amide bonds. The van der Waals surface area contributed by atoms with Crippen molar-refractivity contribution < 1.29 is 14.3 Å². The lowest BCUT2D eigenvalue weighted by Crippen LogP contribution is -2.28. The predicted molar refractivity (Wildman–Crippen MR) is 114 cm³/mol. The van der Waals surface area contributed by atoms with Crippen LogP contribution < -0.4 is 20.3 Å². The highest BCUT2D eigenvalue weighted by Gasteiger charge is 2.16. The number of rotatable bonds is 6. The molecule has 0 bridgehead atoms. The second-order valence-electron chi connectivity index (χ2n) is 6.80. The third-order valence-electron chi connectivity index (χ3n) is 4.67. The zero-order chi connectivity index (χ0) is 22.0. The first-order valence-electron chi connectivity index (χ1n) is 9.40. The molecular weight excluding hydrogens is 400 g/mol. The first kappa shape index (κ1) is 20.1. The minimum atomic E-state index is -0.461. The van der Waals surface area contributed by atoms with Gasteiger partial charge in [-0.2, -0.15) is 4.68 Å². The fraction of sp³-hybridized carbons (Fsp3) is 0.190. The van der Waals surface area contributed by atoms with Gasteiger partial charge in [-0.1, -0.05) is 17.3 Å². The van der Waals surface area contributed by atoms with Crippen molar-refractivity contribution in [3.05, 3.63) is 64.7 Å². The summed E-state index contributed by atoms with van der Waals surface area (Å²) >= 11 is 0. The van der Waals surface area contributed by atoms with Gasteiger partial charge >= 0.3 is 0 Å². The molecular formula is C21H20N6O4. The van der Waals surface area contributed by atoms with Crippen LogP contribution in [0.2, 0.25) is 0 Å². The Kier molecular flexibility index (Phi) is 5.35. The molecule has 2 heterocycles. The van der Waals surface area contributed by atoms with E-state index in [1.807, 2.05) is 31.2 Å². The largest absolute Gasteiger partial charge is 0.497 e. The quantitative estimate of drug-likeness (QED) is 0.507. The number of aromatic nitrogens is 5. The number of benzene rings is 2. The monoisotopic (exact) mass is 420 g/mol. The van der Waals surface area contributed by atoms with Crippen LogP contribution >= 0.6 is 0 Å². The number of amides is 1. The van der Waals surface area contributed by atoms with Gasteiger partial charge < -0.3 is 14.8 Å². The van der Waals surface area contributed by atoms with Crippen LogP contribution in [0.25, 0.3) is 16.9 Å². The number of nitrogens with zero attached hydrogens (tertiary/aromatic N) is 5. The van der Waals surface area contributed by atoms with Crippen molar-refractivity contribution in [3.63, 3.8) is 0 Å². The lowest BCUT2D eigenvalue weighted by molar-refractivity contribution is -0.116. The second kappa shape index (κ2) is 8.27. The summed E-state index contributed by atoms with van der Waals surface area (Å²) in [4.78, 5) is 29.7. The lowest BCUT2D eigenvalue weighted by Gasteiger charge is -2.12. The average Bonchev–Trinajstić information content (AvgIpc) is 3.20. The molecule has 0 fully saturated rings. The molecule has 0 aliphatic heterocycles. The minimum absolute atomic E-state index is 0.0794. The van der Waals surface area contributed by atoms with Gasteiger partial charge in [-0.3, -0.25) is 14.2 Å². The Hall–Kier alpha value is -4.21. The number of hydrogen-bond acceptors (Lipinski definition) is 7. The fourth-order valence-corrected chi connectivity index (χ4v) is 3.15. The summed E-state index contributed by atoms with van der Waals surface area (Å²) < 4.78 is 13.1. The predicted octanol–water partition coefficient (Wildman–Crippen LogP) is 1.94. The number of anilines is 1. The first-order chi connectivity index (χ1) is 15.0. The SMILES string of the molecule is COc1ccc(OC)c(NC(=O)Cn2cnc3c(nnn3-c3cccc(C)c3)c2=O)c1. The number of methoxy groups -OCH3 is 2. The van der Waals surface area contributed by atoms with Crippen molar-refractivity contribution in [1.29, 1.82) is 0 Å². The Balaban J connectivity index is 1.60. The molecule has 4 rings (SSSR count). The number of nitrogens with one attached hydrogen (secondary N) is 1. The van der Waals surface area contributed by atoms with E-state index in [1.54, 1.807) is 18.2 Å². The van der Waals surface area contributed by atoms with Crippen LogP contribution in [0.1, 0.15) is 5.56 Å². The highest BCUT2D eigenvalue weighted by molar-refractivity contribution is 5.92. The summed E-state index contributed by atoms with van der Waals surface area (Å²) in [6.07, 6.45) is 1.31. The van der Waals surface area contributed by atoms with Gasteiger partial charge in [0, 0.05) is 6.07 Å². The van der Waals surface area contributed by atoms with Crippen LogP contribution in [0.3, 0.4) is 0 Å². The Labute approximate surface area is 177 Å². The normalized spacial score (nSPS) is 10.8. The van der Waals surface area contributed by atoms with Crippen LogP contribution in [-0.2, 0) is 11.3 Å². The number of ether oxygens (including phenoxy) is 2. The Bertz CT molecular complexity index is 1330. The van der Waals surface area contributed by atoms with Gasteiger partial charge in [0.15, 0.2) is 11.2 Å². The van der Waals surface area contributed by atoms with Gasteiger partial charge in [0.2, 0.25) is 5.91 Å². The zero-order valence-corrected chi connectivity index (χ0v) is 17.2. The van der Waals surface area contributed by atoms with E-state index < -0.39 is 11.5 Å². The lowest BCUT2D eigenvalue weighted by atomic mass is 10.2. The van der Waals surface area contributed by atoms with E-state index in [9.17, 15) is 9.59 Å². The molecule has 4 aromatic rings. The molecule has 2 aromatic carbocycles. The zero-order valence-electron chi connectivity index (χ0n) is 17.2. The van der Waals surface area contributed by atoms with E-state index in [-0.39, 0.29) is 12.1 Å². The molecule has 0 spiro atoms. The van der Waals surface area contributed by atoms with E-state index in [2.05, 4.69) is 20.6 Å². The summed E-state index contributed by atoms with van der Waals surface area (Å²) in [5.74, 6) is 0.598. The standard InChI is InChI=1S/C21H20N6O4/c1-13-5-4-6-14(9-13)27-20-19(24-25-27)21(29)26(12-22-20)11-18(28)23-16-10-15(30-2)7-8-17(16)31-3/h4-10,12H,11H2,1-3H3,(H,23,28). The van der Waals surface area contributed by atoms with Gasteiger partial charge in [0.05, 0.1) is 25.6 Å². The average molecular weight is 420 g/mol. The summed E-state index contributed by atoms with van der Waals surface area (Å²) in [5, 5.41) is 10.8. The maximum atomic E-state index is 12.8. The number of carbonyl (C=O) groups excluding carboxylic acids is 1. The van der Waals surface area contributed by atoms with E-state index in [0.717, 1.165) is 11.3 Å². The van der Waals surface area contributed by atoms with Crippen LogP contribution in [0.5, 0.6) is 11.5 Å². The number of carbonyl (C=O) groups is 1. The summed E-state index contributed by atoms with van der Waals surface area (Å²) in [6, 6.07) is 12.6. The highest BCUT2D eigenvalue weighted by atomic mass is 16.5. The molecule has 0 aliphatic rings. The Morgan fingerprint density at radius 2 is 1.97 bits per heavy atom. The molecule has 158 valence electrons. The van der Waals surface area contributed by atoms with Crippen molar-refractivity contribution in [2.45, 2.75) is 13.5 Å². The minimum Gasteiger partial charge on any atom is -0.497 e. The third-order valence-corrected chi connectivity index (χ3v) is 4.67. The summed E-state index contributed by atoms with van der Waals surface area (Å²) in [7, 11) is 3.02. The Morgan fingerprint density at radius 3 is 2.71 bits per heavy atom. The first-order valence-corrected chi connectivity index (χ1v) is 9.40. The van der Waals surface area contributed by atoms with Crippen molar-refractivity contribution in [2.24, 2.45) is 0 Å². The second-order valence-corrected chi connectivity index (χ2v) is 6.80. The van der Waals surface area contributed by atoms with Crippen LogP contribution in [-0.4, -0.2) is 44.7 Å². The fourth-order valence-electron chi connectivity index (χ4n) is 3.15. The van der Waals surface area contributed by atoms with E-state index in [1.165, 1.54) is 29.8 Å². The molecule has 2 aromatic heterocycles. The highest BCUT2D eigenvalue weighted by Crippen LogP contribution is 2.28. The molecule has 10 heteroatoms. The third kappa shape index (κ3) is 3.95. The van der Waals surface area contributed by atoms with Crippen LogP contribution in [0.15, 0.2) is 53.6 Å². The smallest absolute Gasteiger partial charge is 0.284 e. The molecule has 0 radical (unpaired) electrons. The molecule has 0 aliphatic carbocycles. The maximum absolute atomic E-state index is 12.8. The van der Waals surface area contributed by atoms with E-state index in [4.69, 9.17) is 9.47 Å². The molecule has 1 N–H and O–H groups in total. The van der Waals surface area contributed by atoms with Gasteiger partial charge in [0.25, 0.3) is 5.56 Å². The van der Waals surface area contributed by atoms with Gasteiger partial charge in [-0.25, -0.2) is 4.98 Å². The number of fused-ring (bicyclic) bond motifs is 1. The van der Waals surface area contributed by atoms with Crippen molar-refractivity contribution in [2.75, 3.05) is 19.5 Å². The van der Waals surface area contributed by atoms with Gasteiger partial charge in [0.1, 0.15) is 24.4 Å². The molecule has 0 unspecified atom stereocenters. The molecule has 0 atom stereocenters. The summed E-state index contributed by atoms with van der Waals surface area (Å²) in [5.41, 5.74) is 2.16.